The van der Waals surface area contributed by atoms with Crippen molar-refractivity contribution in [3.8, 4) is 5.75 Å². The highest BCUT2D eigenvalue weighted by molar-refractivity contribution is 7.89. The van der Waals surface area contributed by atoms with Gasteiger partial charge >= 0.3 is 0 Å². The maximum absolute atomic E-state index is 13.2. The molecule has 1 unspecified atom stereocenters. The highest BCUT2D eigenvalue weighted by Gasteiger charge is 2.36. The van der Waals surface area contributed by atoms with Gasteiger partial charge in [-0.2, -0.15) is 4.31 Å². The number of nitrogens with zero attached hydrogens (tertiary/aromatic N) is 2. The number of amides is 2. The number of nitrogens with one attached hydrogen (secondary N) is 1. The van der Waals surface area contributed by atoms with E-state index in [4.69, 9.17) is 16.3 Å². The van der Waals surface area contributed by atoms with Crippen molar-refractivity contribution in [2.45, 2.75) is 30.6 Å². The van der Waals surface area contributed by atoms with Gasteiger partial charge in [-0.05, 0) is 43.2 Å². The molecular weight excluding hydrogens is 466 g/mol. The smallest absolute Gasteiger partial charge is 0.246 e. The van der Waals surface area contributed by atoms with E-state index in [2.05, 4.69) is 5.32 Å². The monoisotopic (exact) mass is 491 g/mol. The molecule has 176 valence electrons. The Bertz CT molecular complexity index is 1160. The highest BCUT2D eigenvalue weighted by Crippen LogP contribution is 2.33. The van der Waals surface area contributed by atoms with E-state index in [9.17, 15) is 18.0 Å². The summed E-state index contributed by atoms with van der Waals surface area (Å²) in [5, 5.41) is 3.21. The molecule has 0 radical (unpaired) electrons. The lowest BCUT2D eigenvalue weighted by molar-refractivity contribution is -0.122. The Hall–Kier alpha value is -2.62. The number of carbonyl (C=O) groups excluding carboxylic acids is 2. The molecule has 2 heterocycles. The van der Waals surface area contributed by atoms with Crippen LogP contribution in [0.15, 0.2) is 47.4 Å². The standard InChI is InChI=1S/C23H26ClN3O5S/c1-32-20-10-9-17(14-21(20)33(30,31)26-11-5-2-6-12-26)25-23(29)16-13-22(28)27(15-16)19-8-4-3-7-18(19)24/h3-4,7-10,14,16H,2,5-6,11-13,15H2,1H3,(H,25,29). The third-order valence-electron chi connectivity index (χ3n) is 6.00. The quantitative estimate of drug-likeness (QED) is 0.667. The summed E-state index contributed by atoms with van der Waals surface area (Å²) in [6, 6.07) is 11.5. The van der Waals surface area contributed by atoms with Crippen molar-refractivity contribution in [2.75, 3.05) is 37.0 Å². The predicted molar refractivity (Wildman–Crippen MR) is 126 cm³/mol. The van der Waals surface area contributed by atoms with Crippen molar-refractivity contribution in [3.05, 3.63) is 47.5 Å². The molecule has 2 aromatic carbocycles. The minimum Gasteiger partial charge on any atom is -0.495 e. The molecule has 33 heavy (non-hydrogen) atoms. The first-order valence-corrected chi connectivity index (χ1v) is 12.7. The van der Waals surface area contributed by atoms with Crippen LogP contribution < -0.4 is 15.0 Å². The maximum Gasteiger partial charge on any atom is 0.246 e. The first-order valence-electron chi connectivity index (χ1n) is 10.8. The van der Waals surface area contributed by atoms with Gasteiger partial charge in [0, 0.05) is 31.7 Å². The number of sulfonamides is 1. The maximum atomic E-state index is 13.2. The molecule has 2 aliphatic heterocycles. The van der Waals surface area contributed by atoms with Crippen LogP contribution in [0, 0.1) is 5.92 Å². The number of hydrogen-bond donors (Lipinski definition) is 1. The molecule has 1 atom stereocenters. The molecule has 2 amide bonds. The second-order valence-electron chi connectivity index (χ2n) is 8.18. The van der Waals surface area contributed by atoms with Crippen molar-refractivity contribution in [1.82, 2.24) is 4.31 Å². The first-order chi connectivity index (χ1) is 15.8. The summed E-state index contributed by atoms with van der Waals surface area (Å²) in [5.74, 6) is -0.909. The van der Waals surface area contributed by atoms with Crippen molar-refractivity contribution in [2.24, 2.45) is 5.92 Å². The van der Waals surface area contributed by atoms with Gasteiger partial charge in [-0.25, -0.2) is 8.42 Å². The van der Waals surface area contributed by atoms with Gasteiger partial charge in [-0.15, -0.1) is 0 Å². The molecule has 2 aromatic rings. The van der Waals surface area contributed by atoms with Crippen LogP contribution in [-0.4, -0.2) is 51.3 Å². The SMILES string of the molecule is COc1ccc(NC(=O)C2CC(=O)N(c3ccccc3Cl)C2)cc1S(=O)(=O)N1CCCCC1. The molecule has 0 aromatic heterocycles. The largest absolute Gasteiger partial charge is 0.495 e. The third kappa shape index (κ3) is 4.85. The highest BCUT2D eigenvalue weighted by atomic mass is 35.5. The number of halogens is 1. The van der Waals surface area contributed by atoms with E-state index >= 15 is 0 Å². The lowest BCUT2D eigenvalue weighted by Crippen LogP contribution is -2.35. The van der Waals surface area contributed by atoms with Crippen LogP contribution in [-0.2, 0) is 19.6 Å². The van der Waals surface area contributed by atoms with Crippen LogP contribution in [0.4, 0.5) is 11.4 Å². The number of benzene rings is 2. The summed E-state index contributed by atoms with van der Waals surface area (Å²) in [4.78, 5) is 27.0. The number of ether oxygens (including phenoxy) is 1. The summed E-state index contributed by atoms with van der Waals surface area (Å²) < 4.78 is 33.2. The molecule has 10 heteroatoms. The number of hydrogen-bond acceptors (Lipinski definition) is 5. The normalized spacial score (nSPS) is 19.5. The minimum absolute atomic E-state index is 0.0184. The summed E-state index contributed by atoms with van der Waals surface area (Å²) in [5.41, 5.74) is 0.902. The van der Waals surface area contributed by atoms with E-state index < -0.39 is 15.9 Å². The van der Waals surface area contributed by atoms with Crippen LogP contribution in [0.2, 0.25) is 5.02 Å². The second kappa shape index (κ2) is 9.70. The van der Waals surface area contributed by atoms with Crippen LogP contribution >= 0.6 is 11.6 Å². The Morgan fingerprint density at radius 3 is 2.55 bits per heavy atom. The zero-order valence-electron chi connectivity index (χ0n) is 18.3. The van der Waals surface area contributed by atoms with Gasteiger partial charge < -0.3 is 15.0 Å². The summed E-state index contributed by atoms with van der Waals surface area (Å²) >= 11 is 6.21. The fourth-order valence-corrected chi connectivity index (χ4v) is 6.17. The van der Waals surface area contributed by atoms with Gasteiger partial charge in [0.25, 0.3) is 0 Å². The van der Waals surface area contributed by atoms with Crippen LogP contribution in [0.3, 0.4) is 0 Å². The second-order valence-corrected chi connectivity index (χ2v) is 10.5. The first kappa shape index (κ1) is 23.5. The Morgan fingerprint density at radius 1 is 1.12 bits per heavy atom. The van der Waals surface area contributed by atoms with Gasteiger partial charge in [-0.3, -0.25) is 9.59 Å². The predicted octanol–water partition coefficient (Wildman–Crippen LogP) is 3.51. The van der Waals surface area contributed by atoms with Gasteiger partial charge in [-0.1, -0.05) is 30.2 Å². The zero-order chi connectivity index (χ0) is 23.6. The number of methoxy groups -OCH3 is 1. The van der Waals surface area contributed by atoms with E-state index in [1.54, 1.807) is 30.3 Å². The van der Waals surface area contributed by atoms with Crippen molar-refractivity contribution < 1.29 is 22.7 Å². The molecule has 2 fully saturated rings. The Morgan fingerprint density at radius 2 is 1.85 bits per heavy atom. The summed E-state index contributed by atoms with van der Waals surface area (Å²) in [6.45, 7) is 1.12. The molecule has 0 spiro atoms. The lowest BCUT2D eigenvalue weighted by Gasteiger charge is -2.26. The topological polar surface area (TPSA) is 96.0 Å². The van der Waals surface area contributed by atoms with E-state index in [-0.39, 0.29) is 35.4 Å². The van der Waals surface area contributed by atoms with Crippen molar-refractivity contribution in [3.63, 3.8) is 0 Å². The molecule has 2 saturated heterocycles. The molecular formula is C23H26ClN3O5S. The summed E-state index contributed by atoms with van der Waals surface area (Å²) in [6.07, 6.45) is 2.68. The molecule has 0 bridgehead atoms. The van der Waals surface area contributed by atoms with Gasteiger partial charge in [0.15, 0.2) is 0 Å². The van der Waals surface area contributed by atoms with Crippen LogP contribution in [0.5, 0.6) is 5.75 Å². The molecule has 2 aliphatic rings. The number of rotatable bonds is 6. The van der Waals surface area contributed by atoms with Crippen LogP contribution in [0.1, 0.15) is 25.7 Å². The zero-order valence-corrected chi connectivity index (χ0v) is 19.9. The number of carbonyl (C=O) groups is 2. The molecule has 8 nitrogen and oxygen atoms in total. The molecule has 0 saturated carbocycles. The fraction of sp³-hybridized carbons (Fsp3) is 0.391. The van der Waals surface area contributed by atoms with E-state index in [0.717, 1.165) is 19.3 Å². The Labute approximate surface area is 198 Å². The van der Waals surface area contributed by atoms with Gasteiger partial charge in [0.1, 0.15) is 10.6 Å². The average Bonchev–Trinajstić information content (AvgIpc) is 3.21. The van der Waals surface area contributed by atoms with E-state index in [0.29, 0.717) is 29.5 Å². The molecule has 4 rings (SSSR count). The molecule has 0 aliphatic carbocycles. The number of piperidine rings is 1. The molecule has 1 N–H and O–H groups in total. The van der Waals surface area contributed by atoms with Crippen molar-refractivity contribution >= 4 is 44.8 Å². The summed E-state index contributed by atoms with van der Waals surface area (Å²) in [7, 11) is -2.35. The fourth-order valence-electron chi connectivity index (χ4n) is 4.23. The third-order valence-corrected chi connectivity index (χ3v) is 8.24. The number of anilines is 2. The Kier molecular flexibility index (Phi) is 6.92. The van der Waals surface area contributed by atoms with E-state index in [1.807, 2.05) is 0 Å². The minimum atomic E-state index is -3.76. The lowest BCUT2D eigenvalue weighted by atomic mass is 10.1. The van der Waals surface area contributed by atoms with Gasteiger partial charge in [0.2, 0.25) is 21.8 Å². The number of para-hydroxylation sites is 1. The Balaban J connectivity index is 1.52. The van der Waals surface area contributed by atoms with Gasteiger partial charge in [0.05, 0.1) is 23.7 Å². The van der Waals surface area contributed by atoms with E-state index in [1.165, 1.54) is 28.4 Å². The van der Waals surface area contributed by atoms with Crippen LogP contribution in [0.25, 0.3) is 0 Å². The van der Waals surface area contributed by atoms with Crippen molar-refractivity contribution in [1.29, 1.82) is 0 Å². The average molecular weight is 492 g/mol.